The molecule has 2 heterocycles. The van der Waals surface area contributed by atoms with E-state index in [1.54, 1.807) is 25.2 Å². The van der Waals surface area contributed by atoms with Crippen molar-refractivity contribution in [2.24, 2.45) is 0 Å². The fourth-order valence-corrected chi connectivity index (χ4v) is 2.23. The minimum atomic E-state index is -1.03. The summed E-state index contributed by atoms with van der Waals surface area (Å²) in [6.07, 6.45) is 0.773. The van der Waals surface area contributed by atoms with Crippen molar-refractivity contribution in [1.29, 1.82) is 0 Å². The van der Waals surface area contributed by atoms with E-state index in [2.05, 4.69) is 15.6 Å². The first-order valence-corrected chi connectivity index (χ1v) is 6.71. The standard InChI is InChI=1S/C15H12F2N4O2/c1-21-7-8-4-10(2-3-12(8)20-15(21)23)19-14(22)13-11(17)5-9(16)6-18-13/h2-6H,7H2,1H3,(H,19,22)(H,20,23). The van der Waals surface area contributed by atoms with Gasteiger partial charge in [0.2, 0.25) is 0 Å². The summed E-state index contributed by atoms with van der Waals surface area (Å²) < 4.78 is 26.4. The van der Waals surface area contributed by atoms with Crippen molar-refractivity contribution >= 4 is 23.3 Å². The summed E-state index contributed by atoms with van der Waals surface area (Å²) in [5.74, 6) is -2.67. The molecule has 3 amide bonds. The van der Waals surface area contributed by atoms with E-state index >= 15 is 0 Å². The molecule has 0 atom stereocenters. The summed E-state index contributed by atoms with van der Waals surface area (Å²) in [7, 11) is 1.64. The Labute approximate surface area is 130 Å². The molecule has 23 heavy (non-hydrogen) atoms. The molecule has 0 spiro atoms. The first kappa shape index (κ1) is 14.9. The minimum Gasteiger partial charge on any atom is -0.323 e. The maximum atomic E-state index is 13.6. The third kappa shape index (κ3) is 2.96. The third-order valence-electron chi connectivity index (χ3n) is 3.38. The quantitative estimate of drug-likeness (QED) is 0.894. The van der Waals surface area contributed by atoms with Crippen LogP contribution >= 0.6 is 0 Å². The molecule has 0 saturated heterocycles. The lowest BCUT2D eigenvalue weighted by molar-refractivity contribution is 0.101. The number of fused-ring (bicyclic) bond motifs is 1. The lowest BCUT2D eigenvalue weighted by Gasteiger charge is -2.26. The van der Waals surface area contributed by atoms with Gasteiger partial charge in [0, 0.05) is 31.0 Å². The van der Waals surface area contributed by atoms with E-state index < -0.39 is 23.2 Å². The molecule has 3 rings (SSSR count). The second-order valence-corrected chi connectivity index (χ2v) is 5.10. The highest BCUT2D eigenvalue weighted by Gasteiger charge is 2.20. The van der Waals surface area contributed by atoms with Gasteiger partial charge in [-0.05, 0) is 23.8 Å². The molecule has 2 N–H and O–H groups in total. The van der Waals surface area contributed by atoms with Crippen molar-refractivity contribution in [1.82, 2.24) is 9.88 Å². The van der Waals surface area contributed by atoms with Crippen molar-refractivity contribution < 1.29 is 18.4 Å². The van der Waals surface area contributed by atoms with Gasteiger partial charge in [0.15, 0.2) is 11.5 Å². The molecular weight excluding hydrogens is 306 g/mol. The normalized spacial score (nSPS) is 13.3. The van der Waals surface area contributed by atoms with Crippen LogP contribution in [0.15, 0.2) is 30.5 Å². The summed E-state index contributed by atoms with van der Waals surface area (Å²) in [5.41, 5.74) is 1.38. The Balaban J connectivity index is 1.82. The zero-order valence-corrected chi connectivity index (χ0v) is 12.1. The molecule has 0 radical (unpaired) electrons. The maximum absolute atomic E-state index is 13.6. The van der Waals surface area contributed by atoms with Gasteiger partial charge in [-0.15, -0.1) is 0 Å². The fourth-order valence-electron chi connectivity index (χ4n) is 2.23. The lowest BCUT2D eigenvalue weighted by Crippen LogP contribution is -2.35. The molecule has 0 fully saturated rings. The van der Waals surface area contributed by atoms with Crippen molar-refractivity contribution in [2.45, 2.75) is 6.54 Å². The number of nitrogens with one attached hydrogen (secondary N) is 2. The van der Waals surface area contributed by atoms with Gasteiger partial charge in [-0.1, -0.05) is 0 Å². The van der Waals surface area contributed by atoms with E-state index in [9.17, 15) is 18.4 Å². The van der Waals surface area contributed by atoms with E-state index in [0.29, 0.717) is 24.0 Å². The van der Waals surface area contributed by atoms with Crippen LogP contribution in [0.1, 0.15) is 16.1 Å². The van der Waals surface area contributed by atoms with Gasteiger partial charge in [-0.25, -0.2) is 18.6 Å². The molecule has 118 valence electrons. The number of anilines is 2. The molecule has 1 aliphatic heterocycles. The largest absolute Gasteiger partial charge is 0.323 e. The van der Waals surface area contributed by atoms with Gasteiger partial charge in [0.1, 0.15) is 5.82 Å². The van der Waals surface area contributed by atoms with Crippen LogP contribution in [0.5, 0.6) is 0 Å². The lowest BCUT2D eigenvalue weighted by atomic mass is 10.1. The summed E-state index contributed by atoms with van der Waals surface area (Å²) >= 11 is 0. The number of carbonyl (C=O) groups is 2. The van der Waals surface area contributed by atoms with E-state index in [-0.39, 0.29) is 6.03 Å². The Bertz CT molecular complexity index is 810. The van der Waals surface area contributed by atoms with Crippen LogP contribution in [-0.4, -0.2) is 28.9 Å². The summed E-state index contributed by atoms with van der Waals surface area (Å²) in [5, 5.41) is 5.20. The van der Waals surface area contributed by atoms with Gasteiger partial charge < -0.3 is 15.5 Å². The monoisotopic (exact) mass is 318 g/mol. The second-order valence-electron chi connectivity index (χ2n) is 5.10. The summed E-state index contributed by atoms with van der Waals surface area (Å²) in [6.45, 7) is 0.383. The van der Waals surface area contributed by atoms with Crippen LogP contribution in [0.3, 0.4) is 0 Å². The Morgan fingerprint density at radius 3 is 2.87 bits per heavy atom. The molecule has 0 saturated carbocycles. The Morgan fingerprint density at radius 1 is 1.35 bits per heavy atom. The van der Waals surface area contributed by atoms with Crippen molar-refractivity contribution in [3.05, 3.63) is 53.4 Å². The molecule has 1 aliphatic rings. The van der Waals surface area contributed by atoms with Crippen LogP contribution in [0.4, 0.5) is 25.0 Å². The number of carbonyl (C=O) groups excluding carboxylic acids is 2. The average Bonchev–Trinajstić information content (AvgIpc) is 2.48. The van der Waals surface area contributed by atoms with Crippen LogP contribution in [0.2, 0.25) is 0 Å². The van der Waals surface area contributed by atoms with Crippen molar-refractivity contribution in [3.63, 3.8) is 0 Å². The molecule has 1 aromatic carbocycles. The van der Waals surface area contributed by atoms with Gasteiger partial charge in [0.05, 0.1) is 6.20 Å². The average molecular weight is 318 g/mol. The number of aromatic nitrogens is 1. The molecule has 1 aromatic heterocycles. The number of nitrogens with zero attached hydrogens (tertiary/aromatic N) is 2. The molecule has 8 heteroatoms. The summed E-state index contributed by atoms with van der Waals surface area (Å²) in [6, 6.07) is 5.27. The Kier molecular flexibility index (Phi) is 3.65. The number of hydrogen-bond acceptors (Lipinski definition) is 3. The molecule has 0 bridgehead atoms. The predicted molar refractivity (Wildman–Crippen MR) is 79.0 cm³/mol. The predicted octanol–water partition coefficient (Wildman–Crippen LogP) is 2.59. The number of amides is 3. The molecule has 0 aliphatic carbocycles. The Morgan fingerprint density at radius 2 is 2.13 bits per heavy atom. The van der Waals surface area contributed by atoms with Crippen LogP contribution < -0.4 is 10.6 Å². The van der Waals surface area contributed by atoms with Gasteiger partial charge in [-0.2, -0.15) is 0 Å². The second kappa shape index (κ2) is 5.64. The SMILES string of the molecule is CN1Cc2cc(NC(=O)c3ncc(F)cc3F)ccc2NC1=O. The van der Waals surface area contributed by atoms with E-state index in [4.69, 9.17) is 0 Å². The molecular formula is C15H12F2N4O2. The zero-order chi connectivity index (χ0) is 16.6. The molecule has 2 aromatic rings. The van der Waals surface area contributed by atoms with E-state index in [1.807, 2.05) is 0 Å². The third-order valence-corrected chi connectivity index (χ3v) is 3.38. The van der Waals surface area contributed by atoms with Gasteiger partial charge in [0.25, 0.3) is 5.91 Å². The minimum absolute atomic E-state index is 0.216. The van der Waals surface area contributed by atoms with Crippen molar-refractivity contribution in [3.8, 4) is 0 Å². The molecule has 0 unspecified atom stereocenters. The van der Waals surface area contributed by atoms with Crippen molar-refractivity contribution in [2.75, 3.05) is 17.7 Å². The van der Waals surface area contributed by atoms with Crippen LogP contribution in [0.25, 0.3) is 0 Å². The zero-order valence-electron chi connectivity index (χ0n) is 12.1. The fraction of sp³-hybridized carbons (Fsp3) is 0.133. The van der Waals surface area contributed by atoms with E-state index in [1.165, 1.54) is 4.90 Å². The Hall–Kier alpha value is -3.03. The maximum Gasteiger partial charge on any atom is 0.321 e. The first-order chi connectivity index (χ1) is 10.9. The number of hydrogen-bond donors (Lipinski definition) is 2. The number of urea groups is 1. The smallest absolute Gasteiger partial charge is 0.321 e. The highest BCUT2D eigenvalue weighted by molar-refractivity contribution is 6.03. The van der Waals surface area contributed by atoms with Gasteiger partial charge in [-0.3, -0.25) is 4.79 Å². The number of halogens is 2. The van der Waals surface area contributed by atoms with E-state index in [0.717, 1.165) is 11.8 Å². The summed E-state index contributed by atoms with van der Waals surface area (Å²) in [4.78, 5) is 28.5. The molecule has 6 nitrogen and oxygen atoms in total. The highest BCUT2D eigenvalue weighted by Crippen LogP contribution is 2.26. The topological polar surface area (TPSA) is 74.3 Å². The van der Waals surface area contributed by atoms with Crippen LogP contribution in [0, 0.1) is 11.6 Å². The first-order valence-electron chi connectivity index (χ1n) is 6.71. The number of benzene rings is 1. The van der Waals surface area contributed by atoms with Gasteiger partial charge >= 0.3 is 6.03 Å². The number of rotatable bonds is 2. The number of pyridine rings is 1. The highest BCUT2D eigenvalue weighted by atomic mass is 19.1. The van der Waals surface area contributed by atoms with Crippen LogP contribution in [-0.2, 0) is 6.54 Å².